The van der Waals surface area contributed by atoms with E-state index in [9.17, 15) is 0 Å². The standard InChI is InChI=1S/C10H13N3/c1-3-8(2)13-10-7-11-5-4-9(10)6-12-13/h4-8H,3H2,1-2H3. The molecule has 1 atom stereocenters. The van der Waals surface area contributed by atoms with Gasteiger partial charge < -0.3 is 0 Å². The predicted octanol–water partition coefficient (Wildman–Crippen LogP) is 2.40. The molecule has 0 saturated heterocycles. The van der Waals surface area contributed by atoms with Gasteiger partial charge in [0.15, 0.2) is 0 Å². The molecule has 3 heteroatoms. The van der Waals surface area contributed by atoms with Crippen molar-refractivity contribution < 1.29 is 0 Å². The quantitative estimate of drug-likeness (QED) is 0.701. The third-order valence-corrected chi connectivity index (χ3v) is 2.41. The van der Waals surface area contributed by atoms with Gasteiger partial charge in [0.05, 0.1) is 17.9 Å². The largest absolute Gasteiger partial charge is 0.262 e. The van der Waals surface area contributed by atoms with E-state index in [0.717, 1.165) is 17.3 Å². The van der Waals surface area contributed by atoms with Crippen molar-refractivity contribution in [3.8, 4) is 0 Å². The molecule has 0 aliphatic heterocycles. The van der Waals surface area contributed by atoms with Gasteiger partial charge in [-0.1, -0.05) is 6.92 Å². The molecule has 0 radical (unpaired) electrons. The van der Waals surface area contributed by atoms with Crippen LogP contribution in [0.4, 0.5) is 0 Å². The van der Waals surface area contributed by atoms with Crippen LogP contribution in [-0.4, -0.2) is 14.8 Å². The molecule has 0 aliphatic carbocycles. The first-order valence-electron chi connectivity index (χ1n) is 4.60. The van der Waals surface area contributed by atoms with E-state index in [2.05, 4.69) is 23.9 Å². The second-order valence-electron chi connectivity index (χ2n) is 3.28. The van der Waals surface area contributed by atoms with Gasteiger partial charge in [-0.25, -0.2) is 0 Å². The molecule has 68 valence electrons. The van der Waals surface area contributed by atoms with Crippen LogP contribution in [0.1, 0.15) is 26.3 Å². The Morgan fingerprint density at radius 3 is 3.08 bits per heavy atom. The Morgan fingerprint density at radius 2 is 2.31 bits per heavy atom. The van der Waals surface area contributed by atoms with Crippen LogP contribution in [0.2, 0.25) is 0 Å². The molecule has 1 unspecified atom stereocenters. The maximum absolute atomic E-state index is 4.34. The summed E-state index contributed by atoms with van der Waals surface area (Å²) in [4.78, 5) is 4.10. The molecule has 0 aliphatic rings. The molecular weight excluding hydrogens is 162 g/mol. The maximum atomic E-state index is 4.34. The van der Waals surface area contributed by atoms with Crippen LogP contribution in [-0.2, 0) is 0 Å². The predicted molar refractivity (Wildman–Crippen MR) is 52.5 cm³/mol. The van der Waals surface area contributed by atoms with Gasteiger partial charge in [-0.3, -0.25) is 9.67 Å². The van der Waals surface area contributed by atoms with Crippen molar-refractivity contribution in [1.82, 2.24) is 14.8 Å². The van der Waals surface area contributed by atoms with Crippen molar-refractivity contribution in [1.29, 1.82) is 0 Å². The van der Waals surface area contributed by atoms with Crippen molar-refractivity contribution >= 4 is 10.9 Å². The third-order valence-electron chi connectivity index (χ3n) is 2.41. The molecule has 0 fully saturated rings. The first-order valence-corrected chi connectivity index (χ1v) is 4.60. The highest BCUT2D eigenvalue weighted by Crippen LogP contribution is 2.17. The van der Waals surface area contributed by atoms with Crippen LogP contribution >= 0.6 is 0 Å². The fourth-order valence-corrected chi connectivity index (χ4v) is 1.41. The summed E-state index contributed by atoms with van der Waals surface area (Å²) in [5.74, 6) is 0. The van der Waals surface area contributed by atoms with E-state index in [1.807, 2.05) is 23.1 Å². The smallest absolute Gasteiger partial charge is 0.0868 e. The Bertz CT molecular complexity index is 405. The SMILES string of the molecule is CCC(C)n1ncc2ccncc21. The van der Waals surface area contributed by atoms with Gasteiger partial charge in [-0.15, -0.1) is 0 Å². The Morgan fingerprint density at radius 1 is 1.46 bits per heavy atom. The number of pyridine rings is 1. The summed E-state index contributed by atoms with van der Waals surface area (Å²) in [5.41, 5.74) is 1.12. The number of nitrogens with zero attached hydrogens (tertiary/aromatic N) is 3. The molecule has 0 saturated carbocycles. The van der Waals surface area contributed by atoms with Gasteiger partial charge >= 0.3 is 0 Å². The van der Waals surface area contributed by atoms with Crippen molar-refractivity contribution in [2.75, 3.05) is 0 Å². The Kier molecular flexibility index (Phi) is 2.00. The molecule has 0 aromatic carbocycles. The van der Waals surface area contributed by atoms with Crippen molar-refractivity contribution in [2.24, 2.45) is 0 Å². The van der Waals surface area contributed by atoms with Crippen molar-refractivity contribution in [2.45, 2.75) is 26.3 Å². The van der Waals surface area contributed by atoms with E-state index < -0.39 is 0 Å². The topological polar surface area (TPSA) is 30.7 Å². The van der Waals surface area contributed by atoms with Crippen LogP contribution in [0.25, 0.3) is 10.9 Å². The highest BCUT2D eigenvalue weighted by Gasteiger charge is 2.06. The summed E-state index contributed by atoms with van der Waals surface area (Å²) in [6.07, 6.45) is 6.65. The molecule has 2 rings (SSSR count). The van der Waals surface area contributed by atoms with E-state index in [1.165, 1.54) is 0 Å². The zero-order chi connectivity index (χ0) is 9.26. The summed E-state index contributed by atoms with van der Waals surface area (Å²) in [7, 11) is 0. The maximum Gasteiger partial charge on any atom is 0.0868 e. The summed E-state index contributed by atoms with van der Waals surface area (Å²) in [6.45, 7) is 4.33. The number of fused-ring (bicyclic) bond motifs is 1. The van der Waals surface area contributed by atoms with Gasteiger partial charge in [0.2, 0.25) is 0 Å². The van der Waals surface area contributed by atoms with Gasteiger partial charge in [0, 0.05) is 17.6 Å². The normalized spacial score (nSPS) is 13.4. The summed E-state index contributed by atoms with van der Waals surface area (Å²) in [5, 5.41) is 5.51. The van der Waals surface area contributed by atoms with Gasteiger partial charge in [-0.2, -0.15) is 5.10 Å². The number of rotatable bonds is 2. The molecule has 2 heterocycles. The molecule has 0 bridgehead atoms. The zero-order valence-corrected chi connectivity index (χ0v) is 7.94. The van der Waals surface area contributed by atoms with Crippen LogP contribution in [0.3, 0.4) is 0 Å². The number of hydrogen-bond donors (Lipinski definition) is 0. The minimum Gasteiger partial charge on any atom is -0.262 e. The zero-order valence-electron chi connectivity index (χ0n) is 7.94. The van der Waals surface area contributed by atoms with Crippen LogP contribution in [0, 0.1) is 0 Å². The Hall–Kier alpha value is -1.38. The van der Waals surface area contributed by atoms with E-state index >= 15 is 0 Å². The van der Waals surface area contributed by atoms with Crippen molar-refractivity contribution in [3.63, 3.8) is 0 Å². The molecule has 3 nitrogen and oxygen atoms in total. The average molecular weight is 175 g/mol. The highest BCUT2D eigenvalue weighted by molar-refractivity contribution is 5.77. The number of aromatic nitrogens is 3. The Balaban J connectivity index is 2.57. The van der Waals surface area contributed by atoms with E-state index in [-0.39, 0.29) is 0 Å². The molecule has 0 amide bonds. The lowest BCUT2D eigenvalue weighted by Gasteiger charge is -2.09. The first-order chi connectivity index (χ1) is 6.33. The molecule has 0 spiro atoms. The van der Waals surface area contributed by atoms with Gasteiger partial charge in [-0.05, 0) is 19.4 Å². The minimum absolute atomic E-state index is 0.446. The molecule has 2 aromatic rings. The second-order valence-corrected chi connectivity index (χ2v) is 3.28. The fraction of sp³-hybridized carbons (Fsp3) is 0.400. The molecule has 13 heavy (non-hydrogen) atoms. The fourth-order valence-electron chi connectivity index (χ4n) is 1.41. The van der Waals surface area contributed by atoms with Crippen LogP contribution in [0.15, 0.2) is 24.7 Å². The number of hydrogen-bond acceptors (Lipinski definition) is 2. The van der Waals surface area contributed by atoms with E-state index in [4.69, 9.17) is 0 Å². The monoisotopic (exact) mass is 175 g/mol. The molecular formula is C10H13N3. The van der Waals surface area contributed by atoms with E-state index in [0.29, 0.717) is 6.04 Å². The van der Waals surface area contributed by atoms with Gasteiger partial charge in [0.1, 0.15) is 0 Å². The van der Waals surface area contributed by atoms with Gasteiger partial charge in [0.25, 0.3) is 0 Å². The average Bonchev–Trinajstić information content (AvgIpc) is 2.60. The van der Waals surface area contributed by atoms with Crippen LogP contribution < -0.4 is 0 Å². The van der Waals surface area contributed by atoms with Crippen LogP contribution in [0.5, 0.6) is 0 Å². The second kappa shape index (κ2) is 3.17. The van der Waals surface area contributed by atoms with E-state index in [1.54, 1.807) is 6.20 Å². The molecule has 0 N–H and O–H groups in total. The third kappa shape index (κ3) is 1.30. The summed E-state index contributed by atoms with van der Waals surface area (Å²) in [6, 6.07) is 2.43. The first kappa shape index (κ1) is 8.23. The lowest BCUT2D eigenvalue weighted by molar-refractivity contribution is 0.493. The minimum atomic E-state index is 0.446. The Labute approximate surface area is 77.4 Å². The summed E-state index contributed by atoms with van der Waals surface area (Å²) >= 11 is 0. The lowest BCUT2D eigenvalue weighted by Crippen LogP contribution is -2.04. The summed E-state index contributed by atoms with van der Waals surface area (Å²) < 4.78 is 2.03. The lowest BCUT2D eigenvalue weighted by atomic mass is 10.2. The highest BCUT2D eigenvalue weighted by atomic mass is 15.3. The van der Waals surface area contributed by atoms with Crippen molar-refractivity contribution in [3.05, 3.63) is 24.7 Å². The molecule has 2 aromatic heterocycles.